The molecule has 0 aromatic heterocycles. The number of aliphatic hydroxyl groups is 1. The number of aliphatic hydroxyl groups excluding tert-OH is 1. The van der Waals surface area contributed by atoms with E-state index in [4.69, 9.17) is 9.84 Å². The third-order valence-electron chi connectivity index (χ3n) is 2.61. The molecule has 6 nitrogen and oxygen atoms in total. The molecule has 1 rings (SSSR count). The first-order valence-corrected chi connectivity index (χ1v) is 7.19. The van der Waals surface area contributed by atoms with Gasteiger partial charge in [0.2, 0.25) is 0 Å². The van der Waals surface area contributed by atoms with Crippen LogP contribution in [-0.2, 0) is 11.3 Å². The number of amides is 2. The number of ether oxygens (including phenoxy) is 1. The van der Waals surface area contributed by atoms with E-state index < -0.39 is 17.8 Å². The maximum absolute atomic E-state index is 11.8. The number of benzene rings is 1. The highest BCUT2D eigenvalue weighted by Gasteiger charge is 2.15. The van der Waals surface area contributed by atoms with Crippen molar-refractivity contribution in [3.63, 3.8) is 0 Å². The Balaban J connectivity index is 2.48. The molecule has 0 spiro atoms. The second-order valence-electron chi connectivity index (χ2n) is 6.11. The normalized spacial score (nSPS) is 12.4. The molecule has 0 fully saturated rings. The molecule has 0 radical (unpaired) electrons. The Hall–Kier alpha value is -2.08. The fourth-order valence-corrected chi connectivity index (χ4v) is 1.60. The van der Waals surface area contributed by atoms with Crippen LogP contribution >= 0.6 is 0 Å². The van der Waals surface area contributed by atoms with E-state index in [2.05, 4.69) is 10.6 Å². The molecule has 1 unspecified atom stereocenters. The van der Waals surface area contributed by atoms with Gasteiger partial charge < -0.3 is 20.5 Å². The van der Waals surface area contributed by atoms with E-state index in [9.17, 15) is 9.59 Å². The van der Waals surface area contributed by atoms with Crippen molar-refractivity contribution in [2.24, 2.45) is 0 Å². The predicted molar refractivity (Wildman–Crippen MR) is 83.5 cm³/mol. The molecule has 2 amide bonds. The summed E-state index contributed by atoms with van der Waals surface area (Å²) in [6.45, 7) is 7.53. The van der Waals surface area contributed by atoms with Gasteiger partial charge >= 0.3 is 6.09 Å². The minimum atomic E-state index is -0.582. The smallest absolute Gasteiger partial charge is 0.407 e. The summed E-state index contributed by atoms with van der Waals surface area (Å²) >= 11 is 0. The number of carbonyl (C=O) groups excluding carboxylic acids is 2. The van der Waals surface area contributed by atoms with E-state index in [1.165, 1.54) is 0 Å². The molecule has 0 aliphatic heterocycles. The largest absolute Gasteiger partial charge is 0.444 e. The van der Waals surface area contributed by atoms with Crippen LogP contribution in [0.4, 0.5) is 4.79 Å². The lowest BCUT2D eigenvalue weighted by atomic mass is 10.1. The van der Waals surface area contributed by atoms with Gasteiger partial charge in [-0.2, -0.15) is 0 Å². The lowest BCUT2D eigenvalue weighted by Crippen LogP contribution is -2.32. The van der Waals surface area contributed by atoms with Gasteiger partial charge in [-0.25, -0.2) is 4.79 Å². The van der Waals surface area contributed by atoms with Crippen LogP contribution < -0.4 is 10.6 Å². The van der Waals surface area contributed by atoms with Gasteiger partial charge in [0.05, 0.1) is 6.10 Å². The molecular formula is C16H24N2O4. The summed E-state index contributed by atoms with van der Waals surface area (Å²) in [4.78, 5) is 23.3. The molecule has 22 heavy (non-hydrogen) atoms. The second kappa shape index (κ2) is 7.79. The molecule has 1 aromatic rings. The van der Waals surface area contributed by atoms with E-state index in [-0.39, 0.29) is 12.5 Å². The zero-order chi connectivity index (χ0) is 16.8. The summed E-state index contributed by atoms with van der Waals surface area (Å²) in [5.74, 6) is -0.243. The van der Waals surface area contributed by atoms with Gasteiger partial charge in [0, 0.05) is 18.7 Å². The molecule has 0 saturated heterocycles. The Labute approximate surface area is 130 Å². The lowest BCUT2D eigenvalue weighted by molar-refractivity contribution is 0.0523. The second-order valence-corrected chi connectivity index (χ2v) is 6.11. The van der Waals surface area contributed by atoms with Crippen LogP contribution in [0.3, 0.4) is 0 Å². The minimum absolute atomic E-state index is 0.209. The van der Waals surface area contributed by atoms with E-state index in [1.807, 2.05) is 0 Å². The number of hydrogen-bond acceptors (Lipinski definition) is 4. The number of hydrogen-bond donors (Lipinski definition) is 3. The average molecular weight is 308 g/mol. The molecular weight excluding hydrogens is 284 g/mol. The van der Waals surface area contributed by atoms with Gasteiger partial charge in [-0.15, -0.1) is 0 Å². The highest BCUT2D eigenvalue weighted by molar-refractivity contribution is 5.94. The summed E-state index contributed by atoms with van der Waals surface area (Å²) in [5.41, 5.74) is 0.829. The van der Waals surface area contributed by atoms with Crippen LogP contribution in [0.25, 0.3) is 0 Å². The predicted octanol–water partition coefficient (Wildman–Crippen LogP) is 1.82. The van der Waals surface area contributed by atoms with Gasteiger partial charge in [-0.1, -0.05) is 12.1 Å². The van der Waals surface area contributed by atoms with Gasteiger partial charge in [0.15, 0.2) is 0 Å². The SMILES string of the molecule is CC(O)CNC(=O)c1ccc(CNC(=O)OC(C)(C)C)cc1. The first-order chi connectivity index (χ1) is 10.2. The Kier molecular flexibility index (Phi) is 6.37. The van der Waals surface area contributed by atoms with Gasteiger partial charge in [0.1, 0.15) is 5.60 Å². The van der Waals surface area contributed by atoms with Crippen molar-refractivity contribution < 1.29 is 19.4 Å². The monoisotopic (exact) mass is 308 g/mol. The fraction of sp³-hybridized carbons (Fsp3) is 0.500. The minimum Gasteiger partial charge on any atom is -0.444 e. The van der Waals surface area contributed by atoms with Crippen LogP contribution in [0.5, 0.6) is 0 Å². The van der Waals surface area contributed by atoms with E-state index >= 15 is 0 Å². The van der Waals surface area contributed by atoms with Crippen LogP contribution in [0.15, 0.2) is 24.3 Å². The molecule has 1 aromatic carbocycles. The number of carbonyl (C=O) groups is 2. The molecule has 3 N–H and O–H groups in total. The van der Waals surface area contributed by atoms with Crippen molar-refractivity contribution in [3.05, 3.63) is 35.4 Å². The van der Waals surface area contributed by atoms with E-state index in [0.29, 0.717) is 12.1 Å². The molecule has 0 aliphatic carbocycles. The average Bonchev–Trinajstić information content (AvgIpc) is 2.41. The van der Waals surface area contributed by atoms with Crippen molar-refractivity contribution in [3.8, 4) is 0 Å². The van der Waals surface area contributed by atoms with Crippen LogP contribution in [0.1, 0.15) is 43.6 Å². The first-order valence-electron chi connectivity index (χ1n) is 7.19. The van der Waals surface area contributed by atoms with Gasteiger partial charge in [-0.05, 0) is 45.4 Å². The summed E-state index contributed by atoms with van der Waals surface area (Å²) in [6.07, 6.45) is -1.06. The molecule has 0 bridgehead atoms. The third-order valence-corrected chi connectivity index (χ3v) is 2.61. The molecule has 0 saturated carbocycles. The third kappa shape index (κ3) is 7.08. The van der Waals surface area contributed by atoms with Crippen molar-refractivity contribution in [2.45, 2.75) is 45.9 Å². The van der Waals surface area contributed by atoms with Crippen molar-refractivity contribution in [1.82, 2.24) is 10.6 Å². The Morgan fingerprint density at radius 1 is 1.18 bits per heavy atom. The maximum atomic E-state index is 11.8. The Morgan fingerprint density at radius 3 is 2.27 bits per heavy atom. The van der Waals surface area contributed by atoms with Gasteiger partial charge in [-0.3, -0.25) is 4.79 Å². The van der Waals surface area contributed by atoms with Crippen molar-refractivity contribution in [1.29, 1.82) is 0 Å². The highest BCUT2D eigenvalue weighted by atomic mass is 16.6. The molecule has 6 heteroatoms. The zero-order valence-electron chi connectivity index (χ0n) is 13.5. The van der Waals surface area contributed by atoms with Crippen molar-refractivity contribution in [2.75, 3.05) is 6.54 Å². The summed E-state index contributed by atoms with van der Waals surface area (Å²) < 4.78 is 5.14. The quantitative estimate of drug-likeness (QED) is 0.774. The summed E-state index contributed by atoms with van der Waals surface area (Å²) in [6, 6.07) is 6.86. The number of alkyl carbamates (subject to hydrolysis) is 1. The van der Waals surface area contributed by atoms with Crippen LogP contribution in [0, 0.1) is 0 Å². The lowest BCUT2D eigenvalue weighted by Gasteiger charge is -2.19. The molecule has 122 valence electrons. The molecule has 1 atom stereocenters. The Morgan fingerprint density at radius 2 is 1.77 bits per heavy atom. The summed E-state index contributed by atoms with van der Waals surface area (Å²) in [7, 11) is 0. The first kappa shape index (κ1) is 18.0. The number of rotatable bonds is 5. The van der Waals surface area contributed by atoms with E-state index in [0.717, 1.165) is 5.56 Å². The van der Waals surface area contributed by atoms with Gasteiger partial charge in [0.25, 0.3) is 5.91 Å². The standard InChI is InChI=1S/C16H24N2O4/c1-11(19)9-17-14(20)13-7-5-12(6-8-13)10-18-15(21)22-16(2,3)4/h5-8,11,19H,9-10H2,1-4H3,(H,17,20)(H,18,21). The van der Waals surface area contributed by atoms with Crippen LogP contribution in [-0.4, -0.2) is 35.4 Å². The van der Waals surface area contributed by atoms with Crippen molar-refractivity contribution >= 4 is 12.0 Å². The Bertz CT molecular complexity index is 504. The topological polar surface area (TPSA) is 87.7 Å². The maximum Gasteiger partial charge on any atom is 0.407 e. The van der Waals surface area contributed by atoms with Crippen LogP contribution in [0.2, 0.25) is 0 Å². The molecule has 0 heterocycles. The number of nitrogens with one attached hydrogen (secondary N) is 2. The van der Waals surface area contributed by atoms with E-state index in [1.54, 1.807) is 52.0 Å². The fourth-order valence-electron chi connectivity index (χ4n) is 1.60. The summed E-state index contributed by atoms with van der Waals surface area (Å²) in [5, 5.41) is 14.4. The highest BCUT2D eigenvalue weighted by Crippen LogP contribution is 2.08. The zero-order valence-corrected chi connectivity index (χ0v) is 13.5. The molecule has 0 aliphatic rings.